The molecule has 1 aliphatic carbocycles. The molecule has 166 valence electrons. The lowest BCUT2D eigenvalue weighted by molar-refractivity contribution is -0.131. The Morgan fingerprint density at radius 1 is 1.27 bits per heavy atom. The van der Waals surface area contributed by atoms with E-state index in [4.69, 9.17) is 17.0 Å². The number of ether oxygens (including phenoxy) is 1. The highest BCUT2D eigenvalue weighted by Gasteiger charge is 2.42. The summed E-state index contributed by atoms with van der Waals surface area (Å²) in [6.07, 6.45) is 3.23. The van der Waals surface area contributed by atoms with E-state index in [0.29, 0.717) is 48.6 Å². The smallest absolute Gasteiger partial charge is 0.225 e. The predicted molar refractivity (Wildman–Crippen MR) is 124 cm³/mol. The summed E-state index contributed by atoms with van der Waals surface area (Å²) in [6.45, 7) is 8.03. The molecule has 1 saturated heterocycles. The fraction of sp³-hybridized carbons (Fsp3) is 0.652. The van der Waals surface area contributed by atoms with E-state index >= 15 is 0 Å². The van der Waals surface area contributed by atoms with Crippen molar-refractivity contribution in [3.8, 4) is 5.75 Å². The third-order valence-electron chi connectivity index (χ3n) is 6.38. The Balaban J connectivity index is 1.62. The van der Waals surface area contributed by atoms with Crippen molar-refractivity contribution in [3.63, 3.8) is 0 Å². The molecular formula is C23H35N3O3S. The quantitative estimate of drug-likeness (QED) is 0.573. The average molecular weight is 434 g/mol. The molecule has 1 aromatic rings. The topological polar surface area (TPSA) is 73.8 Å². The number of fused-ring (bicyclic) bond motifs is 1. The van der Waals surface area contributed by atoms with Crippen molar-refractivity contribution in [3.05, 3.63) is 24.3 Å². The maximum atomic E-state index is 12.8. The second kappa shape index (κ2) is 10.4. The number of carbonyl (C=O) groups is 1. The van der Waals surface area contributed by atoms with Gasteiger partial charge >= 0.3 is 0 Å². The Labute approximate surface area is 185 Å². The van der Waals surface area contributed by atoms with Crippen LogP contribution < -0.4 is 15.4 Å². The van der Waals surface area contributed by atoms with Crippen LogP contribution in [-0.2, 0) is 4.79 Å². The highest BCUT2D eigenvalue weighted by Crippen LogP contribution is 2.39. The number of rotatable bonds is 7. The standard InChI is InChI=1S/C23H35N3O3S/c1-4-29-20-7-5-19(6-8-20)24-23(30)26(9-10-27)14-18-13-17-12-15(2)11-16(3)21(17)25-22(18)28/h5-8,15-18,21,27H,4,9-14H2,1-3H3,(H,24,30)(H,25,28). The summed E-state index contributed by atoms with van der Waals surface area (Å²) in [5.41, 5.74) is 0.856. The Morgan fingerprint density at radius 2 is 2.00 bits per heavy atom. The molecule has 5 atom stereocenters. The molecule has 6 nitrogen and oxygen atoms in total. The van der Waals surface area contributed by atoms with Crippen LogP contribution in [-0.4, -0.2) is 53.4 Å². The van der Waals surface area contributed by atoms with Crippen LogP contribution in [0.3, 0.4) is 0 Å². The first kappa shape index (κ1) is 22.8. The van der Waals surface area contributed by atoms with Crippen molar-refractivity contribution < 1.29 is 14.6 Å². The van der Waals surface area contributed by atoms with Gasteiger partial charge in [-0.05, 0) is 80.4 Å². The van der Waals surface area contributed by atoms with Gasteiger partial charge in [0, 0.05) is 24.8 Å². The van der Waals surface area contributed by atoms with Gasteiger partial charge in [0.15, 0.2) is 5.11 Å². The number of piperidine rings is 1. The van der Waals surface area contributed by atoms with Crippen LogP contribution in [0.2, 0.25) is 0 Å². The highest BCUT2D eigenvalue weighted by molar-refractivity contribution is 7.80. The van der Waals surface area contributed by atoms with Gasteiger partial charge < -0.3 is 25.4 Å². The third-order valence-corrected chi connectivity index (χ3v) is 6.74. The zero-order chi connectivity index (χ0) is 21.7. The third kappa shape index (κ3) is 5.64. The van der Waals surface area contributed by atoms with Gasteiger partial charge in [0.1, 0.15) is 5.75 Å². The van der Waals surface area contributed by atoms with Gasteiger partial charge in [-0.1, -0.05) is 13.8 Å². The molecule has 3 rings (SSSR count). The van der Waals surface area contributed by atoms with Crippen molar-refractivity contribution in [1.82, 2.24) is 10.2 Å². The summed E-state index contributed by atoms with van der Waals surface area (Å²) in [4.78, 5) is 14.7. The number of hydrogen-bond acceptors (Lipinski definition) is 4. The zero-order valence-electron chi connectivity index (χ0n) is 18.3. The number of hydrogen-bond donors (Lipinski definition) is 3. The SMILES string of the molecule is CCOc1ccc(NC(=S)N(CCO)CC2CC3CC(C)CC(C)C3NC2=O)cc1. The first-order valence-electron chi connectivity index (χ1n) is 11.1. The van der Waals surface area contributed by atoms with E-state index in [-0.39, 0.29) is 18.4 Å². The lowest BCUT2D eigenvalue weighted by Crippen LogP contribution is -2.57. The molecule has 0 radical (unpaired) electrons. The number of carbonyl (C=O) groups excluding carboxylic acids is 1. The van der Waals surface area contributed by atoms with E-state index in [0.717, 1.165) is 17.9 Å². The summed E-state index contributed by atoms with van der Waals surface area (Å²) in [5.74, 6) is 2.56. The van der Waals surface area contributed by atoms with Gasteiger partial charge in [-0.2, -0.15) is 0 Å². The van der Waals surface area contributed by atoms with Crippen molar-refractivity contribution in [2.45, 2.75) is 46.1 Å². The maximum Gasteiger partial charge on any atom is 0.225 e. The minimum Gasteiger partial charge on any atom is -0.494 e. The molecule has 0 bridgehead atoms. The molecule has 2 fully saturated rings. The molecule has 2 aliphatic rings. The molecule has 1 heterocycles. The molecule has 0 aromatic heterocycles. The summed E-state index contributed by atoms with van der Waals surface area (Å²) in [6, 6.07) is 7.91. The van der Waals surface area contributed by atoms with Crippen molar-refractivity contribution in [2.75, 3.05) is 31.6 Å². The molecule has 5 unspecified atom stereocenters. The van der Waals surface area contributed by atoms with E-state index in [1.165, 1.54) is 12.8 Å². The average Bonchev–Trinajstić information content (AvgIpc) is 2.70. The van der Waals surface area contributed by atoms with Gasteiger partial charge in [-0.25, -0.2) is 0 Å². The van der Waals surface area contributed by atoms with E-state index in [9.17, 15) is 9.90 Å². The first-order valence-corrected chi connectivity index (χ1v) is 11.5. The monoisotopic (exact) mass is 433 g/mol. The van der Waals surface area contributed by atoms with Crippen LogP contribution in [0.4, 0.5) is 5.69 Å². The van der Waals surface area contributed by atoms with E-state index in [2.05, 4.69) is 24.5 Å². The second-order valence-corrected chi connectivity index (χ2v) is 9.22. The molecule has 1 aromatic carbocycles. The molecule has 1 saturated carbocycles. The van der Waals surface area contributed by atoms with E-state index in [1.807, 2.05) is 36.1 Å². The minimum atomic E-state index is -0.115. The van der Waals surface area contributed by atoms with Crippen LogP contribution in [0.1, 0.15) is 40.0 Å². The maximum absolute atomic E-state index is 12.8. The van der Waals surface area contributed by atoms with Gasteiger partial charge in [-0.15, -0.1) is 0 Å². The van der Waals surface area contributed by atoms with Crippen LogP contribution in [0.25, 0.3) is 0 Å². The molecule has 30 heavy (non-hydrogen) atoms. The number of anilines is 1. The van der Waals surface area contributed by atoms with E-state index in [1.54, 1.807) is 0 Å². The van der Waals surface area contributed by atoms with Crippen LogP contribution in [0.5, 0.6) is 5.75 Å². The Hall–Kier alpha value is -1.86. The number of benzene rings is 1. The van der Waals surface area contributed by atoms with Crippen LogP contribution in [0, 0.1) is 23.7 Å². The number of aliphatic hydroxyl groups excluding tert-OH is 1. The van der Waals surface area contributed by atoms with Gasteiger partial charge in [0.25, 0.3) is 0 Å². The largest absolute Gasteiger partial charge is 0.494 e. The molecule has 1 amide bonds. The number of thiocarbonyl (C=S) groups is 1. The van der Waals surface area contributed by atoms with Gasteiger partial charge in [-0.3, -0.25) is 4.79 Å². The first-order chi connectivity index (χ1) is 14.4. The normalized spacial score (nSPS) is 28.3. The number of amides is 1. The minimum absolute atomic E-state index is 0.0143. The fourth-order valence-electron chi connectivity index (χ4n) is 5.09. The molecular weight excluding hydrogens is 398 g/mol. The molecule has 0 spiro atoms. The van der Waals surface area contributed by atoms with Crippen molar-refractivity contribution in [2.24, 2.45) is 23.7 Å². The molecule has 3 N–H and O–H groups in total. The van der Waals surface area contributed by atoms with Crippen LogP contribution in [0.15, 0.2) is 24.3 Å². The van der Waals surface area contributed by atoms with Crippen molar-refractivity contribution >= 4 is 28.9 Å². The summed E-state index contributed by atoms with van der Waals surface area (Å²) < 4.78 is 5.47. The second-order valence-electron chi connectivity index (χ2n) is 8.84. The highest BCUT2D eigenvalue weighted by atomic mass is 32.1. The lowest BCUT2D eigenvalue weighted by atomic mass is 9.68. The van der Waals surface area contributed by atoms with E-state index < -0.39 is 0 Å². The van der Waals surface area contributed by atoms with Crippen LogP contribution >= 0.6 is 12.2 Å². The van der Waals surface area contributed by atoms with Crippen molar-refractivity contribution in [1.29, 1.82) is 0 Å². The Bertz CT molecular complexity index is 727. The van der Waals surface area contributed by atoms with Gasteiger partial charge in [0.2, 0.25) is 5.91 Å². The number of nitrogens with one attached hydrogen (secondary N) is 2. The Kier molecular flexibility index (Phi) is 7.94. The predicted octanol–water partition coefficient (Wildman–Crippen LogP) is 3.26. The fourth-order valence-corrected chi connectivity index (χ4v) is 5.37. The lowest BCUT2D eigenvalue weighted by Gasteiger charge is -2.45. The molecule has 7 heteroatoms. The number of nitrogens with zero attached hydrogens (tertiary/aromatic N) is 1. The summed E-state index contributed by atoms with van der Waals surface area (Å²) >= 11 is 5.61. The summed E-state index contributed by atoms with van der Waals surface area (Å²) in [7, 11) is 0. The zero-order valence-corrected chi connectivity index (χ0v) is 19.1. The van der Waals surface area contributed by atoms with Gasteiger partial charge in [0.05, 0.1) is 19.1 Å². The summed E-state index contributed by atoms with van der Waals surface area (Å²) in [5, 5.41) is 16.6. The molecule has 1 aliphatic heterocycles. The Morgan fingerprint density at radius 3 is 2.67 bits per heavy atom. The number of aliphatic hydroxyl groups is 1.